The Morgan fingerprint density at radius 1 is 1.36 bits per heavy atom. The summed E-state index contributed by atoms with van der Waals surface area (Å²) in [5, 5.41) is 0.273. The van der Waals surface area contributed by atoms with E-state index in [1.807, 2.05) is 42.1 Å². The molecule has 0 aliphatic carbocycles. The van der Waals surface area contributed by atoms with E-state index in [9.17, 15) is 4.79 Å². The van der Waals surface area contributed by atoms with E-state index in [1.165, 1.54) is 6.42 Å². The number of carbonyl (C=O) groups excluding carboxylic acids is 1. The largest absolute Gasteiger partial charge is 0.298 e. The molecule has 0 radical (unpaired) electrons. The van der Waals surface area contributed by atoms with Crippen molar-refractivity contribution in [2.45, 2.75) is 24.5 Å². The number of carbonyl (C=O) groups is 1. The molecule has 74 valence electrons. The highest BCUT2D eigenvalue weighted by atomic mass is 32.2. The summed E-state index contributed by atoms with van der Waals surface area (Å²) in [6.07, 6.45) is 2.89. The summed E-state index contributed by atoms with van der Waals surface area (Å²) in [6.45, 7) is 0. The van der Waals surface area contributed by atoms with Crippen LogP contribution in [0.4, 0.5) is 0 Å². The van der Waals surface area contributed by atoms with E-state index in [1.54, 1.807) is 0 Å². The van der Waals surface area contributed by atoms with Crippen LogP contribution in [0.1, 0.15) is 18.4 Å². The van der Waals surface area contributed by atoms with Crippen LogP contribution in [0.5, 0.6) is 0 Å². The molecule has 0 saturated carbocycles. The fourth-order valence-electron chi connectivity index (χ4n) is 1.74. The average Bonchev–Trinajstić information content (AvgIpc) is 2.72. The van der Waals surface area contributed by atoms with Crippen LogP contribution in [0, 0.1) is 0 Å². The Kier molecular flexibility index (Phi) is 3.25. The Morgan fingerprint density at radius 2 is 2.14 bits per heavy atom. The molecule has 1 nitrogen and oxygen atoms in total. The van der Waals surface area contributed by atoms with Gasteiger partial charge in [0.15, 0.2) is 0 Å². The third-order valence-corrected chi connectivity index (χ3v) is 3.94. The van der Waals surface area contributed by atoms with Crippen molar-refractivity contribution in [3.63, 3.8) is 0 Å². The second-order valence-electron chi connectivity index (χ2n) is 3.63. The summed E-state index contributed by atoms with van der Waals surface area (Å²) in [4.78, 5) is 11.8. The van der Waals surface area contributed by atoms with E-state index in [2.05, 4.69) is 0 Å². The molecule has 1 aromatic rings. The lowest BCUT2D eigenvalue weighted by Crippen LogP contribution is -2.16. The minimum absolute atomic E-state index is 0.273. The van der Waals surface area contributed by atoms with Gasteiger partial charge < -0.3 is 0 Å². The predicted octanol–water partition coefficient (Wildman–Crippen LogP) is 2.69. The fourth-order valence-corrected chi connectivity index (χ4v) is 2.96. The molecule has 0 aromatic heterocycles. The summed E-state index contributed by atoms with van der Waals surface area (Å²) < 4.78 is 0. The summed E-state index contributed by atoms with van der Waals surface area (Å²) in [5.41, 5.74) is 1.14. The topological polar surface area (TPSA) is 17.1 Å². The Balaban J connectivity index is 1.94. The minimum Gasteiger partial charge on any atom is -0.298 e. The number of thioether (sulfide) groups is 1. The standard InChI is InChI=1S/C12H14OS/c13-11(12-7-4-8-14-12)9-10-5-2-1-3-6-10/h1-3,5-6,12H,4,7-9H2. The molecule has 1 fully saturated rings. The molecule has 0 bridgehead atoms. The molecule has 2 rings (SSSR count). The molecule has 1 saturated heterocycles. The lowest BCUT2D eigenvalue weighted by Gasteiger charge is -2.06. The van der Waals surface area contributed by atoms with E-state index in [0.717, 1.165) is 17.7 Å². The van der Waals surface area contributed by atoms with Crippen molar-refractivity contribution < 1.29 is 4.79 Å². The van der Waals surface area contributed by atoms with Gasteiger partial charge in [-0.3, -0.25) is 4.79 Å². The molecule has 0 amide bonds. The molecule has 1 aromatic carbocycles. The van der Waals surface area contributed by atoms with Crippen LogP contribution in [0.25, 0.3) is 0 Å². The molecule has 1 aliphatic heterocycles. The van der Waals surface area contributed by atoms with Crippen LogP contribution >= 0.6 is 11.8 Å². The first kappa shape index (κ1) is 9.78. The number of hydrogen-bond acceptors (Lipinski definition) is 2. The predicted molar refractivity (Wildman–Crippen MR) is 60.6 cm³/mol. The van der Waals surface area contributed by atoms with Crippen molar-refractivity contribution in [3.05, 3.63) is 35.9 Å². The van der Waals surface area contributed by atoms with Gasteiger partial charge in [0.2, 0.25) is 0 Å². The molecular formula is C12H14OS. The maximum absolute atomic E-state index is 11.8. The number of rotatable bonds is 3. The Bertz CT molecular complexity index is 301. The van der Waals surface area contributed by atoms with Crippen LogP contribution in [0.3, 0.4) is 0 Å². The summed E-state index contributed by atoms with van der Waals surface area (Å²) in [6, 6.07) is 10.0. The van der Waals surface area contributed by atoms with Crippen molar-refractivity contribution in [2.75, 3.05) is 5.75 Å². The maximum Gasteiger partial charge on any atom is 0.150 e. The van der Waals surface area contributed by atoms with Crippen LogP contribution < -0.4 is 0 Å². The zero-order chi connectivity index (χ0) is 9.80. The van der Waals surface area contributed by atoms with E-state index in [0.29, 0.717) is 12.2 Å². The van der Waals surface area contributed by atoms with Gasteiger partial charge in [0.1, 0.15) is 5.78 Å². The Morgan fingerprint density at radius 3 is 2.79 bits per heavy atom. The van der Waals surface area contributed by atoms with Crippen LogP contribution in [0.2, 0.25) is 0 Å². The van der Waals surface area contributed by atoms with Gasteiger partial charge in [-0.15, -0.1) is 0 Å². The van der Waals surface area contributed by atoms with E-state index in [4.69, 9.17) is 0 Å². The molecule has 14 heavy (non-hydrogen) atoms. The van der Waals surface area contributed by atoms with Gasteiger partial charge in [-0.05, 0) is 24.2 Å². The molecular weight excluding hydrogens is 192 g/mol. The molecule has 1 atom stereocenters. The van der Waals surface area contributed by atoms with Gasteiger partial charge in [0.05, 0.1) is 5.25 Å². The maximum atomic E-state index is 11.8. The lowest BCUT2D eigenvalue weighted by molar-refractivity contribution is -0.117. The minimum atomic E-state index is 0.273. The lowest BCUT2D eigenvalue weighted by atomic mass is 10.1. The zero-order valence-corrected chi connectivity index (χ0v) is 8.93. The van der Waals surface area contributed by atoms with Crippen LogP contribution in [-0.2, 0) is 11.2 Å². The SMILES string of the molecule is O=C(Cc1ccccc1)C1CCCS1. The van der Waals surface area contributed by atoms with Crippen molar-refractivity contribution in [1.82, 2.24) is 0 Å². The highest BCUT2D eigenvalue weighted by Gasteiger charge is 2.22. The molecule has 0 spiro atoms. The first-order valence-corrected chi connectivity index (χ1v) is 6.09. The first-order chi connectivity index (χ1) is 6.86. The molecule has 1 heterocycles. The Labute approximate surface area is 88.9 Å². The quantitative estimate of drug-likeness (QED) is 0.756. The monoisotopic (exact) mass is 206 g/mol. The third-order valence-electron chi connectivity index (χ3n) is 2.51. The third kappa shape index (κ3) is 2.38. The zero-order valence-electron chi connectivity index (χ0n) is 8.11. The number of Topliss-reactive ketones (excluding diaryl/α,β-unsaturated/α-hetero) is 1. The fraction of sp³-hybridized carbons (Fsp3) is 0.417. The summed E-state index contributed by atoms with van der Waals surface area (Å²) in [5.74, 6) is 1.56. The molecule has 0 N–H and O–H groups in total. The smallest absolute Gasteiger partial charge is 0.150 e. The van der Waals surface area contributed by atoms with Crippen LogP contribution in [0.15, 0.2) is 30.3 Å². The van der Waals surface area contributed by atoms with E-state index >= 15 is 0 Å². The van der Waals surface area contributed by atoms with E-state index in [-0.39, 0.29) is 5.25 Å². The van der Waals surface area contributed by atoms with Gasteiger partial charge in [-0.1, -0.05) is 30.3 Å². The average molecular weight is 206 g/mol. The number of ketones is 1. The Hall–Kier alpha value is -0.760. The summed E-state index contributed by atoms with van der Waals surface area (Å²) >= 11 is 1.82. The van der Waals surface area contributed by atoms with Crippen molar-refractivity contribution in [1.29, 1.82) is 0 Å². The second-order valence-corrected chi connectivity index (χ2v) is 4.94. The van der Waals surface area contributed by atoms with Crippen LogP contribution in [-0.4, -0.2) is 16.8 Å². The molecule has 2 heteroatoms. The van der Waals surface area contributed by atoms with Gasteiger partial charge in [-0.2, -0.15) is 11.8 Å². The molecule has 1 aliphatic rings. The highest BCUT2D eigenvalue weighted by molar-refractivity contribution is 8.00. The van der Waals surface area contributed by atoms with Crippen molar-refractivity contribution in [2.24, 2.45) is 0 Å². The molecule has 1 unspecified atom stereocenters. The van der Waals surface area contributed by atoms with Gasteiger partial charge >= 0.3 is 0 Å². The first-order valence-electron chi connectivity index (χ1n) is 5.04. The van der Waals surface area contributed by atoms with E-state index < -0.39 is 0 Å². The number of hydrogen-bond donors (Lipinski definition) is 0. The second kappa shape index (κ2) is 4.65. The highest BCUT2D eigenvalue weighted by Crippen LogP contribution is 2.27. The van der Waals surface area contributed by atoms with Gasteiger partial charge in [-0.25, -0.2) is 0 Å². The normalized spacial score (nSPS) is 21.0. The van der Waals surface area contributed by atoms with Gasteiger partial charge in [0.25, 0.3) is 0 Å². The summed E-state index contributed by atoms with van der Waals surface area (Å²) in [7, 11) is 0. The van der Waals surface area contributed by atoms with Crippen molar-refractivity contribution >= 4 is 17.5 Å². The van der Waals surface area contributed by atoms with Gasteiger partial charge in [0, 0.05) is 6.42 Å². The number of benzene rings is 1. The van der Waals surface area contributed by atoms with Crippen molar-refractivity contribution in [3.8, 4) is 0 Å².